The molecule has 14 heavy (non-hydrogen) atoms. The average molecular weight is 218 g/mol. The van der Waals surface area contributed by atoms with Gasteiger partial charge in [0, 0.05) is 13.1 Å². The molecule has 0 radical (unpaired) electrons. The molecule has 2 N–H and O–H groups in total. The summed E-state index contributed by atoms with van der Waals surface area (Å²) in [6.07, 6.45) is 0. The summed E-state index contributed by atoms with van der Waals surface area (Å²) < 4.78 is 0. The van der Waals surface area contributed by atoms with E-state index in [4.69, 9.17) is 0 Å². The van der Waals surface area contributed by atoms with E-state index in [0.29, 0.717) is 12.5 Å². The number of rotatable bonds is 7. The van der Waals surface area contributed by atoms with Crippen molar-refractivity contribution >= 4 is 17.7 Å². The van der Waals surface area contributed by atoms with Crippen LogP contribution in [0.3, 0.4) is 0 Å². The van der Waals surface area contributed by atoms with Crippen molar-refractivity contribution in [2.24, 2.45) is 5.92 Å². The molecule has 0 aromatic carbocycles. The molecular weight excluding hydrogens is 196 g/mol. The first-order valence-corrected chi connectivity index (χ1v) is 6.22. The normalized spacial score (nSPS) is 12.9. The lowest BCUT2D eigenvalue weighted by Crippen LogP contribution is -2.38. The highest BCUT2D eigenvalue weighted by molar-refractivity contribution is 8.00. The number of carbonyl (C=O) groups is 1. The number of carbonyl (C=O) groups excluding carboxylic acids is 1. The molecule has 0 bridgehead atoms. The average Bonchev–Trinajstić information content (AvgIpc) is 2.13. The molecule has 3 nitrogen and oxygen atoms in total. The van der Waals surface area contributed by atoms with Crippen LogP contribution in [0, 0.1) is 5.92 Å². The van der Waals surface area contributed by atoms with Gasteiger partial charge in [-0.1, -0.05) is 20.8 Å². The first-order chi connectivity index (χ1) is 6.63. The van der Waals surface area contributed by atoms with E-state index >= 15 is 0 Å². The van der Waals surface area contributed by atoms with Crippen LogP contribution in [0.4, 0.5) is 0 Å². The predicted octanol–water partition coefficient (Wildman–Crippen LogP) is 1.10. The number of hydrogen-bond acceptors (Lipinski definition) is 3. The van der Waals surface area contributed by atoms with Crippen molar-refractivity contribution in [3.63, 3.8) is 0 Å². The summed E-state index contributed by atoms with van der Waals surface area (Å²) in [6.45, 7) is 7.80. The van der Waals surface area contributed by atoms with E-state index in [2.05, 4.69) is 31.4 Å². The van der Waals surface area contributed by atoms with Crippen molar-refractivity contribution in [1.82, 2.24) is 10.6 Å². The summed E-state index contributed by atoms with van der Waals surface area (Å²) in [5.41, 5.74) is 0. The maximum absolute atomic E-state index is 11.7. The van der Waals surface area contributed by atoms with Crippen molar-refractivity contribution < 1.29 is 4.79 Å². The van der Waals surface area contributed by atoms with E-state index in [1.54, 1.807) is 11.8 Å². The summed E-state index contributed by atoms with van der Waals surface area (Å²) in [7, 11) is 1.88. The summed E-state index contributed by atoms with van der Waals surface area (Å²) in [6, 6.07) is 0. The number of amides is 1. The Balaban J connectivity index is 3.89. The number of thioether (sulfide) groups is 1. The molecule has 1 unspecified atom stereocenters. The van der Waals surface area contributed by atoms with E-state index in [-0.39, 0.29) is 11.2 Å². The third-order valence-electron chi connectivity index (χ3n) is 1.88. The summed E-state index contributed by atoms with van der Waals surface area (Å²) in [5, 5.41) is 6.02. The standard InChI is InChI=1S/C10H22N2OS/c1-5-14-9(8(2)3)10(13)12-7-6-11-4/h8-9,11H,5-7H2,1-4H3,(H,12,13). The van der Waals surface area contributed by atoms with Gasteiger partial charge < -0.3 is 10.6 Å². The molecule has 4 heteroatoms. The Morgan fingerprint density at radius 3 is 2.43 bits per heavy atom. The molecule has 0 rings (SSSR count). The molecule has 0 fully saturated rings. The van der Waals surface area contributed by atoms with Gasteiger partial charge in [-0.3, -0.25) is 4.79 Å². The first kappa shape index (κ1) is 13.8. The predicted molar refractivity (Wildman–Crippen MR) is 63.7 cm³/mol. The van der Waals surface area contributed by atoms with Crippen LogP contribution in [0.15, 0.2) is 0 Å². The lowest BCUT2D eigenvalue weighted by atomic mass is 10.1. The molecular formula is C10H22N2OS. The van der Waals surface area contributed by atoms with Gasteiger partial charge >= 0.3 is 0 Å². The second kappa shape index (κ2) is 8.12. The van der Waals surface area contributed by atoms with Crippen LogP contribution < -0.4 is 10.6 Å². The summed E-state index contributed by atoms with van der Waals surface area (Å²) in [4.78, 5) is 11.7. The molecule has 1 amide bonds. The zero-order chi connectivity index (χ0) is 11.0. The summed E-state index contributed by atoms with van der Waals surface area (Å²) in [5.74, 6) is 1.55. The Kier molecular flexibility index (Phi) is 7.99. The number of hydrogen-bond donors (Lipinski definition) is 2. The van der Waals surface area contributed by atoms with Gasteiger partial charge in [0.15, 0.2) is 0 Å². The van der Waals surface area contributed by atoms with Crippen LogP contribution in [-0.4, -0.2) is 37.0 Å². The lowest BCUT2D eigenvalue weighted by molar-refractivity contribution is -0.121. The monoisotopic (exact) mass is 218 g/mol. The fourth-order valence-electron chi connectivity index (χ4n) is 1.16. The van der Waals surface area contributed by atoms with Gasteiger partial charge in [-0.15, -0.1) is 11.8 Å². The maximum atomic E-state index is 11.7. The molecule has 0 heterocycles. The number of likely N-dealkylation sites (N-methyl/N-ethyl adjacent to an activating group) is 1. The Bertz CT molecular complexity index is 162. The number of nitrogens with one attached hydrogen (secondary N) is 2. The van der Waals surface area contributed by atoms with Gasteiger partial charge in [0.1, 0.15) is 0 Å². The van der Waals surface area contributed by atoms with E-state index in [9.17, 15) is 4.79 Å². The minimum absolute atomic E-state index is 0.0943. The van der Waals surface area contributed by atoms with Crippen molar-refractivity contribution in [2.45, 2.75) is 26.0 Å². The van der Waals surface area contributed by atoms with Crippen LogP contribution in [0.5, 0.6) is 0 Å². The van der Waals surface area contributed by atoms with Gasteiger partial charge in [-0.2, -0.15) is 0 Å². The Morgan fingerprint density at radius 2 is 2.00 bits per heavy atom. The second-order valence-corrected chi connectivity index (χ2v) is 4.93. The molecule has 0 aliphatic rings. The van der Waals surface area contributed by atoms with E-state index in [1.807, 2.05) is 7.05 Å². The highest BCUT2D eigenvalue weighted by Gasteiger charge is 2.20. The minimum Gasteiger partial charge on any atom is -0.354 e. The van der Waals surface area contributed by atoms with Crippen molar-refractivity contribution in [3.8, 4) is 0 Å². The van der Waals surface area contributed by atoms with Crippen LogP contribution in [0.2, 0.25) is 0 Å². The van der Waals surface area contributed by atoms with Crippen molar-refractivity contribution in [3.05, 3.63) is 0 Å². The molecule has 0 aliphatic carbocycles. The Hall–Kier alpha value is -0.220. The topological polar surface area (TPSA) is 41.1 Å². The zero-order valence-electron chi connectivity index (χ0n) is 9.59. The largest absolute Gasteiger partial charge is 0.354 e. The first-order valence-electron chi connectivity index (χ1n) is 5.17. The van der Waals surface area contributed by atoms with Gasteiger partial charge in [0.25, 0.3) is 0 Å². The van der Waals surface area contributed by atoms with Gasteiger partial charge in [-0.05, 0) is 18.7 Å². The van der Waals surface area contributed by atoms with Crippen LogP contribution >= 0.6 is 11.8 Å². The van der Waals surface area contributed by atoms with Gasteiger partial charge in [0.05, 0.1) is 5.25 Å². The Labute approximate surface area is 91.4 Å². The highest BCUT2D eigenvalue weighted by atomic mass is 32.2. The Morgan fingerprint density at radius 1 is 1.36 bits per heavy atom. The zero-order valence-corrected chi connectivity index (χ0v) is 10.4. The molecule has 1 atom stereocenters. The van der Waals surface area contributed by atoms with Crippen molar-refractivity contribution in [1.29, 1.82) is 0 Å². The van der Waals surface area contributed by atoms with Crippen LogP contribution in [-0.2, 0) is 4.79 Å². The fraction of sp³-hybridized carbons (Fsp3) is 0.900. The van der Waals surface area contributed by atoms with E-state index in [1.165, 1.54) is 0 Å². The fourth-order valence-corrected chi connectivity index (χ4v) is 2.14. The maximum Gasteiger partial charge on any atom is 0.233 e. The van der Waals surface area contributed by atoms with Crippen LogP contribution in [0.25, 0.3) is 0 Å². The highest BCUT2D eigenvalue weighted by Crippen LogP contribution is 2.18. The molecule has 0 aromatic rings. The second-order valence-electron chi connectivity index (χ2n) is 3.51. The van der Waals surface area contributed by atoms with Crippen molar-refractivity contribution in [2.75, 3.05) is 25.9 Å². The van der Waals surface area contributed by atoms with Crippen LogP contribution in [0.1, 0.15) is 20.8 Å². The molecule has 0 spiro atoms. The smallest absolute Gasteiger partial charge is 0.233 e. The SMILES string of the molecule is CCSC(C(=O)NCCNC)C(C)C. The van der Waals surface area contributed by atoms with E-state index in [0.717, 1.165) is 12.3 Å². The molecule has 0 saturated heterocycles. The molecule has 84 valence electrons. The third-order valence-corrected chi connectivity index (χ3v) is 3.34. The van der Waals surface area contributed by atoms with E-state index < -0.39 is 0 Å². The van der Waals surface area contributed by atoms with Gasteiger partial charge in [0.2, 0.25) is 5.91 Å². The lowest BCUT2D eigenvalue weighted by Gasteiger charge is -2.18. The molecule has 0 aliphatic heterocycles. The molecule has 0 saturated carbocycles. The van der Waals surface area contributed by atoms with Gasteiger partial charge in [-0.25, -0.2) is 0 Å². The third kappa shape index (κ3) is 5.50. The quantitative estimate of drug-likeness (QED) is 0.629. The summed E-state index contributed by atoms with van der Waals surface area (Å²) >= 11 is 1.72. The molecule has 0 aromatic heterocycles. The minimum atomic E-state index is 0.0943.